The van der Waals surface area contributed by atoms with E-state index in [4.69, 9.17) is 9.47 Å². The number of hydrogen-bond acceptors (Lipinski definition) is 7. The number of nitrogens with one attached hydrogen (secondary N) is 1. The Bertz CT molecular complexity index is 1240. The third-order valence-electron chi connectivity index (χ3n) is 6.32. The molecule has 1 aromatic heterocycles. The molecule has 1 fully saturated rings. The van der Waals surface area contributed by atoms with E-state index in [2.05, 4.69) is 32.0 Å². The maximum absolute atomic E-state index is 15.0. The number of likely N-dealkylation sites (N-methyl/N-ethyl adjacent to an activating group) is 1. The topological polar surface area (TPSA) is 69.2 Å². The summed E-state index contributed by atoms with van der Waals surface area (Å²) in [5.41, 5.74) is 0.776. The van der Waals surface area contributed by atoms with E-state index in [9.17, 15) is 0 Å². The van der Waals surface area contributed by atoms with Crippen molar-refractivity contribution in [2.45, 2.75) is 6.29 Å². The number of aliphatic imine (C=N–C) groups is 1. The highest BCUT2D eigenvalue weighted by Crippen LogP contribution is 2.39. The van der Waals surface area contributed by atoms with Crippen LogP contribution < -0.4 is 14.4 Å². The van der Waals surface area contributed by atoms with Crippen molar-refractivity contribution in [1.29, 1.82) is 0 Å². The Balaban J connectivity index is 1.53. The van der Waals surface area contributed by atoms with Crippen LogP contribution in [0.1, 0.15) is 0 Å². The van der Waals surface area contributed by atoms with Gasteiger partial charge in [0.2, 0.25) is 0 Å². The molecule has 0 bridgehead atoms. The number of H-pyrrole nitrogens is 1. The molecule has 34 heavy (non-hydrogen) atoms. The number of hydrogen-bond donors (Lipinski definition) is 1. The molecule has 1 unspecified atom stereocenters. The summed E-state index contributed by atoms with van der Waals surface area (Å²) >= 11 is 0. The van der Waals surface area contributed by atoms with Crippen LogP contribution in [0.3, 0.4) is 0 Å². The van der Waals surface area contributed by atoms with Gasteiger partial charge in [0.15, 0.2) is 35.2 Å². The number of fused-ring (bicyclic) bond motifs is 1. The van der Waals surface area contributed by atoms with E-state index < -0.39 is 11.6 Å². The van der Waals surface area contributed by atoms with Crippen molar-refractivity contribution in [2.75, 3.05) is 52.3 Å². The van der Waals surface area contributed by atoms with Crippen LogP contribution in [0, 0.1) is 11.6 Å². The number of methoxy groups -OCH3 is 2. The quantitative estimate of drug-likeness (QED) is 0.619. The van der Waals surface area contributed by atoms with E-state index >= 15 is 8.78 Å². The minimum absolute atomic E-state index is 0.0926. The van der Waals surface area contributed by atoms with Crippen LogP contribution in [0.2, 0.25) is 0 Å². The van der Waals surface area contributed by atoms with Crippen LogP contribution in [-0.4, -0.2) is 79.9 Å². The van der Waals surface area contributed by atoms with Gasteiger partial charge in [-0.15, -0.1) is 0 Å². The van der Waals surface area contributed by atoms with Crippen LogP contribution >= 0.6 is 0 Å². The summed E-state index contributed by atoms with van der Waals surface area (Å²) in [5, 5.41) is 8.36. The molecule has 0 aliphatic carbocycles. The van der Waals surface area contributed by atoms with Crippen LogP contribution in [0.5, 0.6) is 11.5 Å². The molecule has 10 heteroatoms. The van der Waals surface area contributed by atoms with Gasteiger partial charge in [-0.1, -0.05) is 6.07 Å². The molecule has 1 N–H and O–H groups in total. The molecule has 178 valence electrons. The van der Waals surface area contributed by atoms with Crippen molar-refractivity contribution in [3.05, 3.63) is 48.2 Å². The molecular formula is C24H26F2N6O2. The Morgan fingerprint density at radius 3 is 2.38 bits per heavy atom. The van der Waals surface area contributed by atoms with Gasteiger partial charge in [0.05, 0.1) is 25.3 Å². The molecule has 0 radical (unpaired) electrons. The van der Waals surface area contributed by atoms with E-state index in [1.807, 2.05) is 23.2 Å². The SMILES string of the molecule is COc1cc(OC)c(F)c(-c2ccc3c(N4C=CC=NC4N4CCN(C)CC4)n[nH]c3c2)c1F. The molecule has 0 spiro atoms. The number of allylic oxidation sites excluding steroid dienone is 1. The number of halogens is 2. The lowest BCUT2D eigenvalue weighted by Crippen LogP contribution is -2.54. The summed E-state index contributed by atoms with van der Waals surface area (Å²) in [6.45, 7) is 3.72. The van der Waals surface area contributed by atoms with Gasteiger partial charge in [0.1, 0.15) is 0 Å². The Morgan fingerprint density at radius 1 is 1.00 bits per heavy atom. The van der Waals surface area contributed by atoms with E-state index in [1.165, 1.54) is 20.3 Å². The lowest BCUT2D eigenvalue weighted by Gasteiger charge is -2.40. The number of aromatic amines is 1. The second kappa shape index (κ2) is 9.03. The van der Waals surface area contributed by atoms with Crippen molar-refractivity contribution in [3.63, 3.8) is 0 Å². The first-order chi connectivity index (χ1) is 16.5. The Hall–Kier alpha value is -3.50. The molecule has 0 amide bonds. The summed E-state index contributed by atoms with van der Waals surface area (Å²) in [6.07, 6.45) is 5.41. The van der Waals surface area contributed by atoms with Crippen molar-refractivity contribution in [2.24, 2.45) is 4.99 Å². The van der Waals surface area contributed by atoms with E-state index in [0.717, 1.165) is 31.6 Å². The van der Waals surface area contributed by atoms with Gasteiger partial charge in [-0.05, 0) is 30.8 Å². The summed E-state index contributed by atoms with van der Waals surface area (Å²) < 4.78 is 40.2. The molecular weight excluding hydrogens is 442 g/mol. The van der Waals surface area contributed by atoms with Gasteiger partial charge in [0, 0.05) is 50.0 Å². The molecule has 1 atom stereocenters. The molecule has 2 aliphatic rings. The van der Waals surface area contributed by atoms with Crippen LogP contribution in [0.25, 0.3) is 22.0 Å². The molecule has 1 saturated heterocycles. The van der Waals surface area contributed by atoms with Crippen molar-refractivity contribution >= 4 is 22.9 Å². The number of nitrogens with zero attached hydrogens (tertiary/aromatic N) is 5. The Labute approximate surface area is 196 Å². The van der Waals surface area contributed by atoms with Gasteiger partial charge in [-0.3, -0.25) is 19.9 Å². The van der Waals surface area contributed by atoms with Crippen LogP contribution in [-0.2, 0) is 0 Å². The fourth-order valence-corrected chi connectivity index (χ4v) is 4.41. The second-order valence-corrected chi connectivity index (χ2v) is 8.32. The fourth-order valence-electron chi connectivity index (χ4n) is 4.41. The number of aromatic nitrogens is 2. The van der Waals surface area contributed by atoms with E-state index in [1.54, 1.807) is 18.3 Å². The van der Waals surface area contributed by atoms with Gasteiger partial charge in [0.25, 0.3) is 0 Å². The minimum Gasteiger partial charge on any atom is -0.494 e. The van der Waals surface area contributed by atoms with Gasteiger partial charge in [-0.25, -0.2) is 8.78 Å². The zero-order valence-corrected chi connectivity index (χ0v) is 19.3. The predicted molar refractivity (Wildman–Crippen MR) is 128 cm³/mol. The Kier molecular flexibility index (Phi) is 5.93. The van der Waals surface area contributed by atoms with E-state index in [-0.39, 0.29) is 23.4 Å². The molecule has 8 nitrogen and oxygen atoms in total. The highest BCUT2D eigenvalue weighted by Gasteiger charge is 2.30. The van der Waals surface area contributed by atoms with Crippen molar-refractivity contribution < 1.29 is 18.3 Å². The monoisotopic (exact) mass is 468 g/mol. The predicted octanol–water partition coefficient (Wildman–Crippen LogP) is 3.46. The average molecular weight is 469 g/mol. The highest BCUT2D eigenvalue weighted by molar-refractivity contribution is 5.94. The average Bonchev–Trinajstić information content (AvgIpc) is 3.28. The molecule has 0 saturated carbocycles. The maximum atomic E-state index is 15.0. The lowest BCUT2D eigenvalue weighted by molar-refractivity contribution is 0.116. The summed E-state index contributed by atoms with van der Waals surface area (Å²) in [6, 6.07) is 6.35. The third-order valence-corrected chi connectivity index (χ3v) is 6.32. The minimum atomic E-state index is -0.789. The number of rotatable bonds is 5. The first-order valence-corrected chi connectivity index (χ1v) is 11.0. The largest absolute Gasteiger partial charge is 0.494 e. The highest BCUT2D eigenvalue weighted by atomic mass is 19.1. The first-order valence-electron chi connectivity index (χ1n) is 11.0. The molecule has 5 rings (SSSR count). The number of piperazine rings is 1. The standard InChI is InChI=1S/C24H26F2N6O2/c1-30-9-11-31(12-10-30)24-27-7-4-8-32(24)23-16-6-5-15(13-17(16)28-29-23)20-21(25)18(33-2)14-19(34-3)22(20)26/h4-8,13-14,24H,9-12H2,1-3H3,(H,28,29). The summed E-state index contributed by atoms with van der Waals surface area (Å²) in [4.78, 5) is 11.3. The van der Waals surface area contributed by atoms with Gasteiger partial charge in [-0.2, -0.15) is 5.10 Å². The first kappa shape index (κ1) is 22.3. The van der Waals surface area contributed by atoms with Crippen LogP contribution in [0.15, 0.2) is 41.5 Å². The normalized spacial score (nSPS) is 19.2. The zero-order valence-electron chi connectivity index (χ0n) is 19.3. The van der Waals surface area contributed by atoms with Crippen molar-refractivity contribution in [3.8, 4) is 22.6 Å². The fraction of sp³-hybridized carbons (Fsp3) is 0.333. The van der Waals surface area contributed by atoms with Crippen LogP contribution in [0.4, 0.5) is 14.6 Å². The summed E-state index contributed by atoms with van der Waals surface area (Å²) in [7, 11) is 4.77. The van der Waals surface area contributed by atoms with Crippen molar-refractivity contribution in [1.82, 2.24) is 20.0 Å². The molecule has 3 aromatic rings. The molecule has 2 aliphatic heterocycles. The summed E-state index contributed by atoms with van der Waals surface area (Å²) in [5.74, 6) is -1.07. The number of anilines is 1. The molecule has 3 heterocycles. The number of benzene rings is 2. The Morgan fingerprint density at radius 2 is 1.71 bits per heavy atom. The van der Waals surface area contributed by atoms with E-state index in [0.29, 0.717) is 16.9 Å². The second-order valence-electron chi connectivity index (χ2n) is 8.32. The third kappa shape index (κ3) is 3.78. The molecule has 2 aromatic carbocycles. The maximum Gasteiger partial charge on any atom is 0.183 e. The zero-order chi connectivity index (χ0) is 23.8. The lowest BCUT2D eigenvalue weighted by atomic mass is 10.0. The smallest absolute Gasteiger partial charge is 0.183 e. The van der Waals surface area contributed by atoms with Gasteiger partial charge >= 0.3 is 0 Å². The number of ether oxygens (including phenoxy) is 2. The van der Waals surface area contributed by atoms with Gasteiger partial charge < -0.3 is 14.4 Å².